The van der Waals surface area contributed by atoms with Crippen molar-refractivity contribution in [1.82, 2.24) is 5.32 Å². The van der Waals surface area contributed by atoms with E-state index in [0.29, 0.717) is 13.2 Å². The van der Waals surface area contributed by atoms with E-state index in [4.69, 9.17) is 9.47 Å². The van der Waals surface area contributed by atoms with Crippen molar-refractivity contribution in [2.75, 3.05) is 26.8 Å². The molecular weight excluding hydrogens is 254 g/mol. The van der Waals surface area contributed by atoms with Gasteiger partial charge in [0.1, 0.15) is 24.2 Å². The lowest BCUT2D eigenvalue weighted by atomic mass is 9.83. The zero-order chi connectivity index (χ0) is 14.2. The molecule has 0 heterocycles. The van der Waals surface area contributed by atoms with Crippen LogP contribution in [-0.4, -0.2) is 38.0 Å². The van der Waals surface area contributed by atoms with Crippen LogP contribution in [0.4, 0.5) is 0 Å². The molecule has 1 aromatic rings. The standard InChI is InChI=1S/C16H25NO3/c1-19-15-6-3-7-16(10-15)20-12-14(18)11-17-9-8-13-4-2-5-13/h3,6-7,10,13-14,17-18H,2,4-5,8-9,11-12H2,1H3. The topological polar surface area (TPSA) is 50.7 Å². The fourth-order valence-corrected chi connectivity index (χ4v) is 2.30. The van der Waals surface area contributed by atoms with Crippen molar-refractivity contribution in [3.05, 3.63) is 24.3 Å². The van der Waals surface area contributed by atoms with E-state index in [2.05, 4.69) is 5.32 Å². The van der Waals surface area contributed by atoms with E-state index in [0.717, 1.165) is 24.0 Å². The molecule has 0 bridgehead atoms. The first-order chi connectivity index (χ1) is 9.78. The van der Waals surface area contributed by atoms with Crippen molar-refractivity contribution in [2.45, 2.75) is 31.8 Å². The molecule has 1 aliphatic carbocycles. The number of rotatable bonds is 9. The highest BCUT2D eigenvalue weighted by atomic mass is 16.5. The zero-order valence-electron chi connectivity index (χ0n) is 12.2. The SMILES string of the molecule is COc1cccc(OCC(O)CNCCC2CCC2)c1. The number of benzene rings is 1. The van der Waals surface area contributed by atoms with Gasteiger partial charge >= 0.3 is 0 Å². The number of methoxy groups -OCH3 is 1. The van der Waals surface area contributed by atoms with Crippen LogP contribution in [0.25, 0.3) is 0 Å². The first-order valence-corrected chi connectivity index (χ1v) is 7.43. The van der Waals surface area contributed by atoms with Gasteiger partial charge in [-0.2, -0.15) is 0 Å². The Morgan fingerprint density at radius 2 is 2.15 bits per heavy atom. The monoisotopic (exact) mass is 279 g/mol. The third-order valence-electron chi connectivity index (χ3n) is 3.82. The Balaban J connectivity index is 1.57. The number of hydrogen-bond donors (Lipinski definition) is 2. The summed E-state index contributed by atoms with van der Waals surface area (Å²) in [6.07, 6.45) is 4.89. The van der Waals surface area contributed by atoms with Crippen LogP contribution in [-0.2, 0) is 0 Å². The summed E-state index contributed by atoms with van der Waals surface area (Å²) in [7, 11) is 1.62. The van der Waals surface area contributed by atoms with Crippen LogP contribution in [0.5, 0.6) is 11.5 Å². The normalized spacial score (nSPS) is 16.5. The third kappa shape index (κ3) is 5.02. The smallest absolute Gasteiger partial charge is 0.123 e. The van der Waals surface area contributed by atoms with Crippen molar-refractivity contribution in [2.24, 2.45) is 5.92 Å². The average Bonchev–Trinajstić information content (AvgIpc) is 2.43. The lowest BCUT2D eigenvalue weighted by molar-refractivity contribution is 0.105. The second-order valence-corrected chi connectivity index (χ2v) is 5.43. The Morgan fingerprint density at radius 1 is 1.35 bits per heavy atom. The van der Waals surface area contributed by atoms with Gasteiger partial charge in [0.15, 0.2) is 0 Å². The van der Waals surface area contributed by atoms with Gasteiger partial charge in [-0.25, -0.2) is 0 Å². The minimum atomic E-state index is -0.484. The van der Waals surface area contributed by atoms with Crippen molar-refractivity contribution in [3.8, 4) is 11.5 Å². The van der Waals surface area contributed by atoms with Gasteiger partial charge in [-0.05, 0) is 31.0 Å². The molecule has 0 amide bonds. The first-order valence-electron chi connectivity index (χ1n) is 7.43. The molecule has 0 aliphatic heterocycles. The molecule has 2 N–H and O–H groups in total. The molecule has 0 aromatic heterocycles. The molecule has 1 saturated carbocycles. The van der Waals surface area contributed by atoms with Crippen LogP contribution >= 0.6 is 0 Å². The summed E-state index contributed by atoms with van der Waals surface area (Å²) in [6.45, 7) is 1.86. The molecule has 0 radical (unpaired) electrons. The van der Waals surface area contributed by atoms with Crippen molar-refractivity contribution >= 4 is 0 Å². The molecule has 1 unspecified atom stereocenters. The minimum absolute atomic E-state index is 0.295. The third-order valence-corrected chi connectivity index (χ3v) is 3.82. The maximum Gasteiger partial charge on any atom is 0.123 e. The number of aliphatic hydroxyl groups excluding tert-OH is 1. The van der Waals surface area contributed by atoms with Gasteiger partial charge < -0.3 is 19.9 Å². The molecule has 4 nitrogen and oxygen atoms in total. The predicted octanol–water partition coefficient (Wildman–Crippen LogP) is 2.21. The van der Waals surface area contributed by atoms with Gasteiger partial charge in [-0.1, -0.05) is 25.3 Å². The van der Waals surface area contributed by atoms with Crippen LogP contribution in [0.3, 0.4) is 0 Å². The van der Waals surface area contributed by atoms with Gasteiger partial charge in [0, 0.05) is 12.6 Å². The van der Waals surface area contributed by atoms with Crippen molar-refractivity contribution in [1.29, 1.82) is 0 Å². The summed E-state index contributed by atoms with van der Waals surface area (Å²) in [5, 5.41) is 13.1. The Hall–Kier alpha value is -1.26. The number of nitrogens with one attached hydrogen (secondary N) is 1. The molecule has 2 rings (SSSR count). The molecule has 112 valence electrons. The van der Waals surface area contributed by atoms with E-state index in [1.165, 1.54) is 25.7 Å². The average molecular weight is 279 g/mol. The Labute approximate surface area is 121 Å². The Kier molecular flexibility index (Phi) is 6.15. The first kappa shape index (κ1) is 15.1. The zero-order valence-corrected chi connectivity index (χ0v) is 12.2. The lowest BCUT2D eigenvalue weighted by Crippen LogP contribution is -2.33. The quantitative estimate of drug-likeness (QED) is 0.681. The highest BCUT2D eigenvalue weighted by Crippen LogP contribution is 2.28. The van der Waals surface area contributed by atoms with Gasteiger partial charge in [-0.15, -0.1) is 0 Å². The summed E-state index contributed by atoms with van der Waals surface area (Å²) in [6, 6.07) is 7.42. The van der Waals surface area contributed by atoms with E-state index in [9.17, 15) is 5.11 Å². The van der Waals surface area contributed by atoms with Gasteiger partial charge in [0.2, 0.25) is 0 Å². The molecular formula is C16H25NO3. The van der Waals surface area contributed by atoms with E-state index in [-0.39, 0.29) is 0 Å². The maximum absolute atomic E-state index is 9.85. The minimum Gasteiger partial charge on any atom is -0.497 e. The molecule has 0 saturated heterocycles. The van der Waals surface area contributed by atoms with Crippen LogP contribution < -0.4 is 14.8 Å². The Morgan fingerprint density at radius 3 is 2.85 bits per heavy atom. The second-order valence-electron chi connectivity index (χ2n) is 5.43. The molecule has 0 spiro atoms. The summed E-state index contributed by atoms with van der Waals surface area (Å²) < 4.78 is 10.7. The molecule has 1 fully saturated rings. The van der Waals surface area contributed by atoms with E-state index in [1.807, 2.05) is 24.3 Å². The van der Waals surface area contributed by atoms with Gasteiger partial charge in [0.25, 0.3) is 0 Å². The predicted molar refractivity (Wildman–Crippen MR) is 79.3 cm³/mol. The Bertz CT molecular complexity index is 393. The second kappa shape index (κ2) is 8.12. The summed E-state index contributed by atoms with van der Waals surface area (Å²) in [5.41, 5.74) is 0. The van der Waals surface area contributed by atoms with E-state index in [1.54, 1.807) is 7.11 Å². The van der Waals surface area contributed by atoms with Crippen molar-refractivity contribution in [3.63, 3.8) is 0 Å². The number of ether oxygens (including phenoxy) is 2. The van der Waals surface area contributed by atoms with Gasteiger partial charge in [-0.3, -0.25) is 0 Å². The fourth-order valence-electron chi connectivity index (χ4n) is 2.30. The number of hydrogen-bond acceptors (Lipinski definition) is 4. The largest absolute Gasteiger partial charge is 0.497 e. The molecule has 4 heteroatoms. The number of aliphatic hydroxyl groups is 1. The molecule has 1 aliphatic rings. The summed E-state index contributed by atoms with van der Waals surface area (Å²) in [5.74, 6) is 2.39. The van der Waals surface area contributed by atoms with E-state index >= 15 is 0 Å². The maximum atomic E-state index is 9.85. The lowest BCUT2D eigenvalue weighted by Gasteiger charge is -2.25. The fraction of sp³-hybridized carbons (Fsp3) is 0.625. The molecule has 1 atom stereocenters. The van der Waals surface area contributed by atoms with Crippen LogP contribution in [0.1, 0.15) is 25.7 Å². The van der Waals surface area contributed by atoms with Crippen LogP contribution in [0, 0.1) is 5.92 Å². The molecule has 20 heavy (non-hydrogen) atoms. The van der Waals surface area contributed by atoms with Gasteiger partial charge in [0.05, 0.1) is 7.11 Å². The van der Waals surface area contributed by atoms with E-state index < -0.39 is 6.10 Å². The van der Waals surface area contributed by atoms with Crippen molar-refractivity contribution < 1.29 is 14.6 Å². The highest BCUT2D eigenvalue weighted by Gasteiger charge is 2.16. The summed E-state index contributed by atoms with van der Waals surface area (Å²) in [4.78, 5) is 0. The van der Waals surface area contributed by atoms with Crippen LogP contribution in [0.2, 0.25) is 0 Å². The molecule has 1 aromatic carbocycles. The summed E-state index contributed by atoms with van der Waals surface area (Å²) >= 11 is 0. The highest BCUT2D eigenvalue weighted by molar-refractivity contribution is 5.32. The van der Waals surface area contributed by atoms with Crippen LogP contribution in [0.15, 0.2) is 24.3 Å².